The molecule has 0 N–H and O–H groups in total. The number of hydrogen-bond acceptors (Lipinski definition) is 1. The fourth-order valence-corrected chi connectivity index (χ4v) is 2.28. The molecular formula is C16H15ClFNO. The second-order valence-electron chi connectivity index (χ2n) is 4.83. The van der Waals surface area contributed by atoms with Gasteiger partial charge in [0.1, 0.15) is 5.82 Å². The molecule has 0 aromatic heterocycles. The molecule has 2 aromatic rings. The largest absolute Gasteiger partial charge is 0.311 e. The minimum absolute atomic E-state index is 0.0286. The Labute approximate surface area is 122 Å². The molecule has 0 aliphatic carbocycles. The molecular weight excluding hydrogens is 277 g/mol. The van der Waals surface area contributed by atoms with Gasteiger partial charge in [0.15, 0.2) is 0 Å². The summed E-state index contributed by atoms with van der Waals surface area (Å²) in [6.45, 7) is 3.91. The van der Waals surface area contributed by atoms with Crippen molar-refractivity contribution < 1.29 is 9.18 Å². The Bertz CT molecular complexity index is 649. The summed E-state index contributed by atoms with van der Waals surface area (Å²) in [5.41, 5.74) is 2.79. The van der Waals surface area contributed by atoms with E-state index in [1.807, 2.05) is 32.0 Å². The third-order valence-electron chi connectivity index (χ3n) is 3.06. The lowest BCUT2D eigenvalue weighted by Crippen LogP contribution is -2.27. The second kappa shape index (κ2) is 5.63. The molecule has 0 fully saturated rings. The van der Waals surface area contributed by atoms with E-state index in [4.69, 9.17) is 11.6 Å². The van der Waals surface area contributed by atoms with Crippen molar-refractivity contribution in [2.24, 2.45) is 0 Å². The molecule has 0 radical (unpaired) electrons. The van der Waals surface area contributed by atoms with Gasteiger partial charge in [-0.1, -0.05) is 17.7 Å². The van der Waals surface area contributed by atoms with E-state index >= 15 is 0 Å². The zero-order valence-corrected chi connectivity index (χ0v) is 12.3. The molecule has 104 valence electrons. The van der Waals surface area contributed by atoms with Crippen LogP contribution in [0.3, 0.4) is 0 Å². The van der Waals surface area contributed by atoms with Crippen molar-refractivity contribution >= 4 is 23.2 Å². The lowest BCUT2D eigenvalue weighted by Gasteiger charge is -2.19. The molecule has 2 nitrogen and oxygen atoms in total. The summed E-state index contributed by atoms with van der Waals surface area (Å²) in [4.78, 5) is 13.8. The Kier molecular flexibility index (Phi) is 4.09. The lowest BCUT2D eigenvalue weighted by atomic mass is 10.1. The first-order valence-electron chi connectivity index (χ1n) is 6.20. The Morgan fingerprint density at radius 1 is 1.10 bits per heavy atom. The number of halogens is 2. The monoisotopic (exact) mass is 291 g/mol. The van der Waals surface area contributed by atoms with Gasteiger partial charge < -0.3 is 4.90 Å². The molecule has 0 aliphatic rings. The average Bonchev–Trinajstić information content (AvgIpc) is 2.38. The van der Waals surface area contributed by atoms with Crippen molar-refractivity contribution in [3.63, 3.8) is 0 Å². The smallest absolute Gasteiger partial charge is 0.261 e. The van der Waals surface area contributed by atoms with Crippen LogP contribution in [0, 0.1) is 19.7 Å². The van der Waals surface area contributed by atoms with Gasteiger partial charge in [-0.05, 0) is 55.3 Å². The second-order valence-corrected chi connectivity index (χ2v) is 5.27. The predicted octanol–water partition coefficient (Wildman–Crippen LogP) is 4.37. The van der Waals surface area contributed by atoms with Gasteiger partial charge in [0.05, 0.1) is 5.56 Å². The zero-order chi connectivity index (χ0) is 14.9. The van der Waals surface area contributed by atoms with Crippen LogP contribution in [-0.4, -0.2) is 13.0 Å². The molecule has 0 heterocycles. The highest BCUT2D eigenvalue weighted by atomic mass is 35.5. The van der Waals surface area contributed by atoms with Gasteiger partial charge in [0.2, 0.25) is 0 Å². The van der Waals surface area contributed by atoms with Crippen molar-refractivity contribution in [2.75, 3.05) is 11.9 Å². The topological polar surface area (TPSA) is 20.3 Å². The van der Waals surface area contributed by atoms with Gasteiger partial charge in [-0.25, -0.2) is 4.39 Å². The maximum atomic E-state index is 13.7. The molecule has 2 rings (SSSR count). The third-order valence-corrected chi connectivity index (χ3v) is 3.29. The van der Waals surface area contributed by atoms with Crippen LogP contribution in [0.25, 0.3) is 0 Å². The van der Waals surface area contributed by atoms with E-state index in [1.54, 1.807) is 7.05 Å². The van der Waals surface area contributed by atoms with E-state index in [-0.39, 0.29) is 5.56 Å². The number of benzene rings is 2. The van der Waals surface area contributed by atoms with Crippen molar-refractivity contribution in [2.45, 2.75) is 13.8 Å². The summed E-state index contributed by atoms with van der Waals surface area (Å²) in [6, 6.07) is 9.75. The molecule has 0 bridgehead atoms. The molecule has 1 amide bonds. The third kappa shape index (κ3) is 2.99. The quantitative estimate of drug-likeness (QED) is 0.804. The van der Waals surface area contributed by atoms with Crippen LogP contribution in [-0.2, 0) is 0 Å². The fraction of sp³-hybridized carbons (Fsp3) is 0.188. The highest BCUT2D eigenvalue weighted by molar-refractivity contribution is 6.31. The van der Waals surface area contributed by atoms with Gasteiger partial charge in [-0.2, -0.15) is 0 Å². The van der Waals surface area contributed by atoms with Crippen LogP contribution in [0.1, 0.15) is 21.5 Å². The van der Waals surface area contributed by atoms with Crippen molar-refractivity contribution in [1.29, 1.82) is 0 Å². The maximum absolute atomic E-state index is 13.7. The highest BCUT2D eigenvalue weighted by Crippen LogP contribution is 2.22. The SMILES string of the molecule is Cc1cc(C)cc(N(C)C(=O)c2cc(Cl)ccc2F)c1. The van der Waals surface area contributed by atoms with Crippen LogP contribution < -0.4 is 4.90 Å². The molecule has 0 unspecified atom stereocenters. The summed E-state index contributed by atoms with van der Waals surface area (Å²) in [5.74, 6) is -0.995. The highest BCUT2D eigenvalue weighted by Gasteiger charge is 2.18. The molecule has 20 heavy (non-hydrogen) atoms. The predicted molar refractivity (Wildman–Crippen MR) is 80.1 cm³/mol. The number of aryl methyl sites for hydroxylation is 2. The minimum atomic E-state index is -0.573. The number of amides is 1. The molecule has 2 aromatic carbocycles. The summed E-state index contributed by atoms with van der Waals surface area (Å²) < 4.78 is 13.7. The Morgan fingerprint density at radius 2 is 1.70 bits per heavy atom. The van der Waals surface area contributed by atoms with Crippen LogP contribution in [0.4, 0.5) is 10.1 Å². The van der Waals surface area contributed by atoms with E-state index in [9.17, 15) is 9.18 Å². The first-order chi connectivity index (χ1) is 9.38. The molecule has 0 atom stereocenters. The minimum Gasteiger partial charge on any atom is -0.311 e. The van der Waals surface area contributed by atoms with Gasteiger partial charge >= 0.3 is 0 Å². The Hall–Kier alpha value is -1.87. The summed E-state index contributed by atoms with van der Waals surface area (Å²) in [5, 5.41) is 0.337. The van der Waals surface area contributed by atoms with Crippen LogP contribution >= 0.6 is 11.6 Å². The van der Waals surface area contributed by atoms with Gasteiger partial charge in [-0.3, -0.25) is 4.79 Å². The summed E-state index contributed by atoms with van der Waals surface area (Å²) in [7, 11) is 1.62. The Morgan fingerprint density at radius 3 is 2.30 bits per heavy atom. The standard InChI is InChI=1S/C16H15ClFNO/c1-10-6-11(2)8-13(7-10)19(3)16(20)14-9-12(17)4-5-15(14)18/h4-9H,1-3H3. The fourth-order valence-electron chi connectivity index (χ4n) is 2.10. The van der Waals surface area contributed by atoms with Crippen molar-refractivity contribution in [1.82, 2.24) is 0 Å². The van der Waals surface area contributed by atoms with Crippen LogP contribution in [0.15, 0.2) is 36.4 Å². The van der Waals surface area contributed by atoms with E-state index in [1.165, 1.54) is 23.1 Å². The zero-order valence-electron chi connectivity index (χ0n) is 11.6. The molecule has 0 aliphatic heterocycles. The van der Waals surface area contributed by atoms with Gasteiger partial charge in [0, 0.05) is 17.8 Å². The van der Waals surface area contributed by atoms with Crippen molar-refractivity contribution in [3.8, 4) is 0 Å². The molecule has 0 spiro atoms. The first kappa shape index (κ1) is 14.5. The number of carbonyl (C=O) groups excluding carboxylic acids is 1. The van der Waals surface area contributed by atoms with Crippen LogP contribution in [0.2, 0.25) is 5.02 Å². The molecule has 4 heteroatoms. The average molecular weight is 292 g/mol. The maximum Gasteiger partial charge on any atom is 0.261 e. The van der Waals surface area contributed by atoms with E-state index in [0.717, 1.165) is 16.8 Å². The molecule has 0 saturated carbocycles. The van der Waals surface area contributed by atoms with Crippen LogP contribution in [0.5, 0.6) is 0 Å². The number of anilines is 1. The number of hydrogen-bond donors (Lipinski definition) is 0. The van der Waals surface area contributed by atoms with Gasteiger partial charge in [-0.15, -0.1) is 0 Å². The van der Waals surface area contributed by atoms with E-state index in [2.05, 4.69) is 0 Å². The van der Waals surface area contributed by atoms with Gasteiger partial charge in [0.25, 0.3) is 5.91 Å². The number of rotatable bonds is 2. The lowest BCUT2D eigenvalue weighted by molar-refractivity contribution is 0.0989. The van der Waals surface area contributed by atoms with E-state index in [0.29, 0.717) is 5.02 Å². The first-order valence-corrected chi connectivity index (χ1v) is 6.57. The van der Waals surface area contributed by atoms with E-state index < -0.39 is 11.7 Å². The summed E-state index contributed by atoms with van der Waals surface area (Å²) >= 11 is 5.82. The van der Waals surface area contributed by atoms with Crippen molar-refractivity contribution in [3.05, 3.63) is 63.9 Å². The summed E-state index contributed by atoms with van der Waals surface area (Å²) in [6.07, 6.45) is 0. The molecule has 0 saturated heterocycles. The number of carbonyl (C=O) groups is 1. The normalized spacial score (nSPS) is 10.4. The Balaban J connectivity index is 2.39. The number of nitrogens with zero attached hydrogens (tertiary/aromatic N) is 1.